The Morgan fingerprint density at radius 1 is 1.41 bits per heavy atom. The summed E-state index contributed by atoms with van der Waals surface area (Å²) in [5.41, 5.74) is 0.974. The normalized spacial score (nSPS) is 11.3. The molecular formula is C10H15N5OS. The van der Waals surface area contributed by atoms with Gasteiger partial charge in [-0.2, -0.15) is 0 Å². The fourth-order valence-electron chi connectivity index (χ4n) is 1.51. The Bertz CT molecular complexity index is 479. The van der Waals surface area contributed by atoms with Crippen LogP contribution >= 0.6 is 11.5 Å². The van der Waals surface area contributed by atoms with Crippen LogP contribution in [-0.4, -0.2) is 38.1 Å². The largest absolute Gasteiger partial charge is 0.383 e. The number of rotatable bonds is 5. The number of methoxy groups -OCH3 is 1. The minimum atomic E-state index is 0.330. The molecule has 0 spiro atoms. The van der Waals surface area contributed by atoms with E-state index in [4.69, 9.17) is 4.74 Å². The molecule has 0 amide bonds. The molecule has 2 aromatic heterocycles. The number of ether oxygens (including phenoxy) is 1. The average molecular weight is 253 g/mol. The fourth-order valence-corrected chi connectivity index (χ4v) is 2.33. The molecule has 6 nitrogen and oxygen atoms in total. The second-order valence-corrected chi connectivity index (χ2v) is 4.74. The average Bonchev–Trinajstić information content (AvgIpc) is 2.94. The predicted octanol–water partition coefficient (Wildman–Crippen LogP) is 1.57. The lowest BCUT2D eigenvalue weighted by Gasteiger charge is -2.06. The Balaban J connectivity index is 2.32. The van der Waals surface area contributed by atoms with E-state index in [-0.39, 0.29) is 0 Å². The summed E-state index contributed by atoms with van der Waals surface area (Å²) in [6, 6.07) is 0. The monoisotopic (exact) mass is 253 g/mol. The van der Waals surface area contributed by atoms with Gasteiger partial charge in [-0.1, -0.05) is 18.3 Å². The van der Waals surface area contributed by atoms with E-state index in [0.717, 1.165) is 22.9 Å². The second-order valence-electron chi connectivity index (χ2n) is 3.98. The highest BCUT2D eigenvalue weighted by molar-refractivity contribution is 7.09. The minimum Gasteiger partial charge on any atom is -0.383 e. The zero-order valence-corrected chi connectivity index (χ0v) is 10.9. The molecule has 0 unspecified atom stereocenters. The minimum absolute atomic E-state index is 0.330. The van der Waals surface area contributed by atoms with Gasteiger partial charge in [-0.25, -0.2) is 0 Å². The van der Waals surface area contributed by atoms with Gasteiger partial charge in [-0.15, -0.1) is 15.3 Å². The zero-order chi connectivity index (χ0) is 12.3. The molecule has 0 bridgehead atoms. The van der Waals surface area contributed by atoms with Crippen LogP contribution in [-0.2, 0) is 11.3 Å². The van der Waals surface area contributed by atoms with Crippen LogP contribution in [0.4, 0.5) is 0 Å². The zero-order valence-electron chi connectivity index (χ0n) is 10.1. The molecule has 0 saturated carbocycles. The van der Waals surface area contributed by atoms with Crippen molar-refractivity contribution in [3.05, 3.63) is 12.0 Å². The maximum Gasteiger partial charge on any atom is 0.177 e. The number of hydrogen-bond donors (Lipinski definition) is 0. The molecule has 2 rings (SSSR count). The first kappa shape index (κ1) is 12.1. The lowest BCUT2D eigenvalue weighted by atomic mass is 10.1. The van der Waals surface area contributed by atoms with Gasteiger partial charge in [0, 0.05) is 13.7 Å². The SMILES string of the molecule is COCCn1cnnc1-c1snnc1C(C)C. The van der Waals surface area contributed by atoms with Crippen LogP contribution in [0.15, 0.2) is 6.33 Å². The van der Waals surface area contributed by atoms with Gasteiger partial charge in [0.05, 0.1) is 12.3 Å². The van der Waals surface area contributed by atoms with Crippen LogP contribution < -0.4 is 0 Å². The van der Waals surface area contributed by atoms with Crippen molar-refractivity contribution in [2.24, 2.45) is 0 Å². The van der Waals surface area contributed by atoms with Gasteiger partial charge < -0.3 is 9.30 Å². The summed E-state index contributed by atoms with van der Waals surface area (Å²) >= 11 is 1.36. The summed E-state index contributed by atoms with van der Waals surface area (Å²) < 4.78 is 11.0. The molecular weight excluding hydrogens is 238 g/mol. The maximum atomic E-state index is 5.06. The van der Waals surface area contributed by atoms with Crippen molar-refractivity contribution in [3.8, 4) is 10.7 Å². The number of nitrogens with zero attached hydrogens (tertiary/aromatic N) is 5. The van der Waals surface area contributed by atoms with Gasteiger partial charge in [0.1, 0.15) is 11.2 Å². The molecule has 0 N–H and O–H groups in total. The van der Waals surface area contributed by atoms with Crippen LogP contribution in [0.3, 0.4) is 0 Å². The van der Waals surface area contributed by atoms with Crippen molar-refractivity contribution in [1.82, 2.24) is 24.4 Å². The van der Waals surface area contributed by atoms with Crippen molar-refractivity contribution >= 4 is 11.5 Å². The maximum absolute atomic E-state index is 5.06. The van der Waals surface area contributed by atoms with E-state index in [1.807, 2.05) is 4.57 Å². The van der Waals surface area contributed by atoms with E-state index in [2.05, 4.69) is 33.6 Å². The Morgan fingerprint density at radius 2 is 2.24 bits per heavy atom. The van der Waals surface area contributed by atoms with E-state index >= 15 is 0 Å². The third-order valence-corrected chi connectivity index (χ3v) is 3.15. The Hall–Kier alpha value is -1.34. The van der Waals surface area contributed by atoms with Gasteiger partial charge >= 0.3 is 0 Å². The highest BCUT2D eigenvalue weighted by Crippen LogP contribution is 2.28. The standard InChI is InChI=1S/C10H15N5OS/c1-7(2)8-9(17-14-12-8)10-13-11-6-15(10)4-5-16-3/h6-7H,4-5H2,1-3H3. The molecule has 92 valence electrons. The van der Waals surface area contributed by atoms with Crippen LogP contribution in [0.1, 0.15) is 25.5 Å². The topological polar surface area (TPSA) is 65.7 Å². The third-order valence-electron chi connectivity index (χ3n) is 2.42. The predicted molar refractivity (Wildman–Crippen MR) is 64.9 cm³/mol. The van der Waals surface area contributed by atoms with Crippen molar-refractivity contribution in [3.63, 3.8) is 0 Å². The Labute approximate surface area is 104 Å². The van der Waals surface area contributed by atoms with Crippen LogP contribution in [0.5, 0.6) is 0 Å². The van der Waals surface area contributed by atoms with Crippen molar-refractivity contribution in [1.29, 1.82) is 0 Å². The summed E-state index contributed by atoms with van der Waals surface area (Å²) in [6.07, 6.45) is 1.71. The summed E-state index contributed by atoms with van der Waals surface area (Å²) in [6.45, 7) is 5.55. The summed E-state index contributed by atoms with van der Waals surface area (Å²) in [4.78, 5) is 0.994. The van der Waals surface area contributed by atoms with E-state index in [0.29, 0.717) is 12.5 Å². The molecule has 2 aromatic rings. The molecule has 0 aromatic carbocycles. The summed E-state index contributed by atoms with van der Waals surface area (Å²) in [7, 11) is 1.68. The van der Waals surface area contributed by atoms with Crippen molar-refractivity contribution < 1.29 is 4.74 Å². The molecule has 0 fully saturated rings. The van der Waals surface area contributed by atoms with Gasteiger partial charge in [0.15, 0.2) is 5.82 Å². The number of hydrogen-bond acceptors (Lipinski definition) is 6. The molecule has 0 saturated heterocycles. The van der Waals surface area contributed by atoms with E-state index in [9.17, 15) is 0 Å². The van der Waals surface area contributed by atoms with Gasteiger partial charge in [-0.3, -0.25) is 0 Å². The molecule has 7 heteroatoms. The summed E-state index contributed by atoms with van der Waals surface area (Å²) in [5.74, 6) is 1.15. The quantitative estimate of drug-likeness (QED) is 0.809. The lowest BCUT2D eigenvalue weighted by Crippen LogP contribution is -2.05. The van der Waals surface area contributed by atoms with Crippen LogP contribution in [0, 0.1) is 0 Å². The molecule has 17 heavy (non-hydrogen) atoms. The van der Waals surface area contributed by atoms with E-state index in [1.165, 1.54) is 11.5 Å². The lowest BCUT2D eigenvalue weighted by molar-refractivity contribution is 0.187. The fraction of sp³-hybridized carbons (Fsp3) is 0.600. The van der Waals surface area contributed by atoms with E-state index in [1.54, 1.807) is 13.4 Å². The van der Waals surface area contributed by atoms with Crippen molar-refractivity contribution in [2.45, 2.75) is 26.3 Å². The Morgan fingerprint density at radius 3 is 2.94 bits per heavy atom. The first-order valence-electron chi connectivity index (χ1n) is 5.43. The van der Waals surface area contributed by atoms with Crippen LogP contribution in [0.2, 0.25) is 0 Å². The molecule has 2 heterocycles. The van der Waals surface area contributed by atoms with Gasteiger partial charge in [0.2, 0.25) is 0 Å². The van der Waals surface area contributed by atoms with E-state index < -0.39 is 0 Å². The van der Waals surface area contributed by atoms with Gasteiger partial charge in [-0.05, 0) is 17.5 Å². The van der Waals surface area contributed by atoms with Gasteiger partial charge in [0.25, 0.3) is 0 Å². The molecule has 0 atom stereocenters. The smallest absolute Gasteiger partial charge is 0.177 e. The second kappa shape index (κ2) is 5.33. The highest BCUT2D eigenvalue weighted by Gasteiger charge is 2.18. The van der Waals surface area contributed by atoms with Crippen molar-refractivity contribution in [2.75, 3.05) is 13.7 Å². The Kier molecular flexibility index (Phi) is 3.80. The molecule has 0 aliphatic rings. The first-order chi connectivity index (χ1) is 8.24. The molecule has 0 radical (unpaired) electrons. The molecule has 0 aliphatic carbocycles. The summed E-state index contributed by atoms with van der Waals surface area (Å²) in [5, 5.41) is 12.2. The third kappa shape index (κ3) is 2.50. The molecule has 0 aliphatic heterocycles. The van der Waals surface area contributed by atoms with Crippen LogP contribution in [0.25, 0.3) is 10.7 Å². The number of aromatic nitrogens is 5. The first-order valence-corrected chi connectivity index (χ1v) is 6.20. The highest BCUT2D eigenvalue weighted by atomic mass is 32.1.